The lowest BCUT2D eigenvalue weighted by molar-refractivity contribution is -0.0665. The van der Waals surface area contributed by atoms with Gasteiger partial charge in [0.2, 0.25) is 5.95 Å². The van der Waals surface area contributed by atoms with E-state index in [2.05, 4.69) is 15.0 Å². The van der Waals surface area contributed by atoms with Crippen LogP contribution in [0.4, 0.5) is 5.95 Å². The van der Waals surface area contributed by atoms with Crippen molar-refractivity contribution in [1.29, 1.82) is 0 Å². The predicted octanol–water partition coefficient (Wildman–Crippen LogP) is 0.780. The van der Waals surface area contributed by atoms with E-state index in [4.69, 9.17) is 26.6 Å². The van der Waals surface area contributed by atoms with E-state index in [9.17, 15) is 24.8 Å². The van der Waals surface area contributed by atoms with Gasteiger partial charge in [-0.05, 0) is 20.3 Å². The van der Waals surface area contributed by atoms with Gasteiger partial charge in [0, 0.05) is 6.42 Å². The first-order chi connectivity index (χ1) is 13.9. The van der Waals surface area contributed by atoms with Gasteiger partial charge in [-0.3, -0.25) is 9.13 Å². The number of aliphatic hydroxyl groups excluding tert-OH is 3. The lowest BCUT2D eigenvalue weighted by Crippen LogP contribution is -2.38. The fraction of sp³-hybridized carbons (Fsp3) is 0.688. The normalized spacial score (nSPS) is 29.6. The fourth-order valence-corrected chi connectivity index (χ4v) is 4.48. The van der Waals surface area contributed by atoms with Gasteiger partial charge < -0.3 is 35.2 Å². The van der Waals surface area contributed by atoms with Gasteiger partial charge in [0.25, 0.3) is 0 Å². The molecule has 0 spiro atoms. The molecule has 3 unspecified atom stereocenters. The van der Waals surface area contributed by atoms with E-state index in [0.29, 0.717) is 0 Å². The number of nitrogens with two attached hydrogens (primary N) is 1. The van der Waals surface area contributed by atoms with Crippen LogP contribution in [0.25, 0.3) is 11.2 Å². The molecule has 1 aliphatic rings. The van der Waals surface area contributed by atoms with Crippen LogP contribution in [0.1, 0.15) is 39.8 Å². The van der Waals surface area contributed by atoms with E-state index in [0.717, 1.165) is 6.92 Å². The van der Waals surface area contributed by atoms with Crippen LogP contribution < -0.4 is 5.73 Å². The van der Waals surface area contributed by atoms with E-state index in [1.807, 2.05) is 0 Å². The van der Waals surface area contributed by atoms with Gasteiger partial charge in [0.1, 0.15) is 17.7 Å². The summed E-state index contributed by atoms with van der Waals surface area (Å²) in [5.41, 5.74) is 4.89. The van der Waals surface area contributed by atoms with Gasteiger partial charge in [-0.15, -0.1) is 0 Å². The molecule has 0 amide bonds. The minimum absolute atomic E-state index is 0.0278. The Hall–Kier alpha value is -1.37. The first kappa shape index (κ1) is 23.3. The van der Waals surface area contributed by atoms with E-state index in [-0.39, 0.29) is 35.1 Å². The number of halogens is 1. The van der Waals surface area contributed by atoms with Crippen molar-refractivity contribution >= 4 is 36.3 Å². The molecule has 1 saturated heterocycles. The van der Waals surface area contributed by atoms with Crippen molar-refractivity contribution in [1.82, 2.24) is 19.5 Å². The second kappa shape index (κ2) is 8.29. The van der Waals surface area contributed by atoms with Gasteiger partial charge in [-0.25, -0.2) is 4.98 Å². The van der Waals surface area contributed by atoms with Crippen molar-refractivity contribution in [3.63, 3.8) is 0 Å². The molecule has 14 heteroatoms. The van der Waals surface area contributed by atoms with Gasteiger partial charge in [-0.2, -0.15) is 9.97 Å². The molecule has 6 N–H and O–H groups in total. The second-order valence-corrected chi connectivity index (χ2v) is 9.95. The van der Waals surface area contributed by atoms with Crippen molar-refractivity contribution in [2.75, 3.05) is 5.73 Å². The van der Waals surface area contributed by atoms with Crippen LogP contribution in [0.3, 0.4) is 0 Å². The molecule has 0 saturated carbocycles. The Balaban J connectivity index is 1.86. The number of anilines is 1. The van der Waals surface area contributed by atoms with Crippen LogP contribution in [0.2, 0.25) is 5.15 Å². The summed E-state index contributed by atoms with van der Waals surface area (Å²) in [6.07, 6.45) is -3.12. The minimum Gasteiger partial charge on any atom is -0.388 e. The summed E-state index contributed by atoms with van der Waals surface area (Å²) >= 11 is 6.02. The lowest BCUT2D eigenvalue weighted by Gasteiger charge is -2.34. The molecule has 30 heavy (non-hydrogen) atoms. The first-order valence-electron chi connectivity index (χ1n) is 9.27. The average Bonchev–Trinajstić information content (AvgIpc) is 3.17. The number of aliphatic hydroxyl groups is 3. The zero-order valence-electron chi connectivity index (χ0n) is 16.6. The van der Waals surface area contributed by atoms with E-state index in [1.54, 1.807) is 13.8 Å². The molecule has 0 bridgehead atoms. The molecule has 168 valence electrons. The minimum atomic E-state index is -4.31. The summed E-state index contributed by atoms with van der Waals surface area (Å²) in [7, 11) is -4.31. The van der Waals surface area contributed by atoms with Crippen LogP contribution in [0.15, 0.2) is 6.33 Å². The first-order valence-corrected chi connectivity index (χ1v) is 11.3. The Kier molecular flexibility index (Phi) is 6.43. The van der Waals surface area contributed by atoms with Crippen LogP contribution in [-0.2, 0) is 13.8 Å². The molecule has 2 aromatic rings. The van der Waals surface area contributed by atoms with Crippen LogP contribution in [0.5, 0.6) is 0 Å². The monoisotopic (exact) mass is 465 g/mol. The largest absolute Gasteiger partial charge is 0.388 e. The Morgan fingerprint density at radius 3 is 2.70 bits per heavy atom. The molecule has 7 atom stereocenters. The Morgan fingerprint density at radius 2 is 2.10 bits per heavy atom. The number of nitrogen functional groups attached to an aromatic ring is 1. The molecule has 1 aliphatic heterocycles. The highest BCUT2D eigenvalue weighted by Gasteiger charge is 2.48. The molecule has 2 aromatic heterocycles. The van der Waals surface area contributed by atoms with Crippen LogP contribution in [-0.4, -0.2) is 69.5 Å². The third-order valence-corrected chi connectivity index (χ3v) is 7.12. The topological polar surface area (TPSA) is 186 Å². The zero-order chi connectivity index (χ0) is 22.4. The zero-order valence-corrected chi connectivity index (χ0v) is 18.2. The maximum atomic E-state index is 12.1. The van der Waals surface area contributed by atoms with Gasteiger partial charge >= 0.3 is 7.60 Å². The van der Waals surface area contributed by atoms with E-state index >= 15 is 0 Å². The van der Waals surface area contributed by atoms with Crippen LogP contribution >= 0.6 is 19.2 Å². The molecule has 3 heterocycles. The number of hydrogen-bond donors (Lipinski definition) is 5. The molecule has 0 aromatic carbocycles. The van der Waals surface area contributed by atoms with Crippen LogP contribution in [0, 0.1) is 0 Å². The van der Waals surface area contributed by atoms with Gasteiger partial charge in [0.05, 0.1) is 18.0 Å². The SMILES string of the molecule is CCC(C)(C[C@H]1O[C@@H](n2cnc3c(Cl)nc(N)nc32)[C@H](O)[C@@H]1O)OP(=O)(O)C(C)O. The Morgan fingerprint density at radius 1 is 1.43 bits per heavy atom. The summed E-state index contributed by atoms with van der Waals surface area (Å²) < 4.78 is 24.7. The quantitative estimate of drug-likeness (QED) is 0.287. The number of fused-ring (bicyclic) bond motifs is 1. The number of aromatic nitrogens is 4. The maximum Gasteiger partial charge on any atom is 0.356 e. The maximum absolute atomic E-state index is 12.1. The summed E-state index contributed by atoms with van der Waals surface area (Å²) in [4.78, 5) is 21.9. The Bertz CT molecular complexity index is 975. The van der Waals surface area contributed by atoms with E-state index in [1.165, 1.54) is 10.9 Å². The lowest BCUT2D eigenvalue weighted by atomic mass is 9.93. The molecule has 0 aliphatic carbocycles. The van der Waals surface area contributed by atoms with Gasteiger partial charge in [-0.1, -0.05) is 18.5 Å². The summed E-state index contributed by atoms with van der Waals surface area (Å²) in [5, 5.41) is 30.7. The fourth-order valence-electron chi connectivity index (χ4n) is 3.28. The number of imidazole rings is 1. The molecular weight excluding hydrogens is 441 g/mol. The van der Waals surface area contributed by atoms with E-state index < -0.39 is 43.6 Å². The molecule has 0 radical (unpaired) electrons. The highest BCUT2D eigenvalue weighted by atomic mass is 35.5. The number of rotatable bonds is 7. The smallest absolute Gasteiger partial charge is 0.356 e. The van der Waals surface area contributed by atoms with Crippen molar-refractivity contribution < 1.29 is 34.0 Å². The standard InChI is InChI=1S/C16H25ClN5O7P/c1-4-16(3,29-30(26,27)7(2)23)5-8-10(24)11(25)14(28-8)22-6-19-9-12(17)20-15(18)21-13(9)22/h6-8,10-11,14,23-25H,4-5H2,1-3H3,(H,26,27)(H2,18,20,21)/t7?,8-,10-,11-,14-,16?/m1/s1. The van der Waals surface area contributed by atoms with Crippen molar-refractivity contribution in [2.45, 2.75) is 69.6 Å². The molecule has 1 fully saturated rings. The highest BCUT2D eigenvalue weighted by molar-refractivity contribution is 7.53. The van der Waals surface area contributed by atoms with Crippen molar-refractivity contribution in [3.8, 4) is 0 Å². The summed E-state index contributed by atoms with van der Waals surface area (Å²) in [6.45, 7) is 4.44. The number of nitrogens with zero attached hydrogens (tertiary/aromatic N) is 4. The predicted molar refractivity (Wildman–Crippen MR) is 107 cm³/mol. The summed E-state index contributed by atoms with van der Waals surface area (Å²) in [5.74, 6) is -1.68. The second-order valence-electron chi connectivity index (χ2n) is 7.54. The third kappa shape index (κ3) is 4.32. The third-order valence-electron chi connectivity index (χ3n) is 5.21. The Labute approximate surface area is 177 Å². The molecular formula is C16H25ClN5O7P. The summed E-state index contributed by atoms with van der Waals surface area (Å²) in [6, 6.07) is 0. The number of ether oxygens (including phenoxy) is 1. The highest BCUT2D eigenvalue weighted by Crippen LogP contribution is 2.52. The van der Waals surface area contributed by atoms with Crippen molar-refractivity contribution in [3.05, 3.63) is 11.5 Å². The number of hydrogen-bond acceptors (Lipinski definition) is 10. The average molecular weight is 466 g/mol. The molecule has 3 rings (SSSR count). The van der Waals surface area contributed by atoms with Crippen molar-refractivity contribution in [2.24, 2.45) is 0 Å². The molecule has 12 nitrogen and oxygen atoms in total. The van der Waals surface area contributed by atoms with Gasteiger partial charge in [0.15, 0.2) is 22.9 Å².